The molecule has 0 aromatic heterocycles. The summed E-state index contributed by atoms with van der Waals surface area (Å²) in [6.07, 6.45) is 0. The Labute approximate surface area is 175 Å². The van der Waals surface area contributed by atoms with Gasteiger partial charge in [0.2, 0.25) is 0 Å². The van der Waals surface area contributed by atoms with E-state index >= 15 is 0 Å². The molecule has 0 saturated carbocycles. The summed E-state index contributed by atoms with van der Waals surface area (Å²) >= 11 is 0. The fourth-order valence-electron chi connectivity index (χ4n) is 2.90. The van der Waals surface area contributed by atoms with Crippen LogP contribution in [0.15, 0.2) is 58.5 Å². The van der Waals surface area contributed by atoms with Crippen molar-refractivity contribution < 1.29 is 4.79 Å². The number of carbonyl (C=O) groups is 1. The van der Waals surface area contributed by atoms with Crippen molar-refractivity contribution in [2.24, 2.45) is 9.98 Å². The van der Waals surface area contributed by atoms with Gasteiger partial charge in [-0.25, -0.2) is 4.79 Å². The molecule has 0 atom stereocenters. The minimum absolute atomic E-state index is 0. The summed E-state index contributed by atoms with van der Waals surface area (Å²) in [5, 5.41) is 12.1. The van der Waals surface area contributed by atoms with Crippen LogP contribution < -0.4 is 21.3 Å². The van der Waals surface area contributed by atoms with E-state index in [0.29, 0.717) is 0 Å². The van der Waals surface area contributed by atoms with E-state index < -0.39 is 0 Å². The van der Waals surface area contributed by atoms with E-state index in [4.69, 9.17) is 0 Å². The number of urea groups is 1. The molecule has 148 valence electrons. The number of amides is 2. The fraction of sp³-hybridized carbons (Fsp3) is 0.211. The molecule has 4 N–H and O–H groups in total. The van der Waals surface area contributed by atoms with E-state index in [1.165, 1.54) is 0 Å². The summed E-state index contributed by atoms with van der Waals surface area (Å²) in [6.45, 7) is 3.36. The molecule has 0 fully saturated rings. The number of aliphatic imine (C=N–C) groups is 2. The monoisotopic (exact) mass is 420 g/mol. The van der Waals surface area contributed by atoms with Crippen LogP contribution in [0, 0.1) is 0 Å². The molecular formula is C19H22Cl2N6O. The van der Waals surface area contributed by atoms with Crippen LogP contribution in [-0.4, -0.2) is 43.9 Å². The first kappa shape index (κ1) is 21.5. The molecule has 2 aliphatic heterocycles. The van der Waals surface area contributed by atoms with Crippen molar-refractivity contribution in [3.63, 3.8) is 0 Å². The van der Waals surface area contributed by atoms with Gasteiger partial charge in [0, 0.05) is 35.6 Å². The van der Waals surface area contributed by atoms with E-state index in [2.05, 4.69) is 31.3 Å². The van der Waals surface area contributed by atoms with Gasteiger partial charge in [-0.2, -0.15) is 0 Å². The van der Waals surface area contributed by atoms with Crippen molar-refractivity contribution in [3.05, 3.63) is 59.7 Å². The Bertz CT molecular complexity index is 793. The lowest BCUT2D eigenvalue weighted by molar-refractivity contribution is 0.262. The van der Waals surface area contributed by atoms with E-state index in [1.807, 2.05) is 48.5 Å². The highest BCUT2D eigenvalue weighted by Gasteiger charge is 2.10. The van der Waals surface area contributed by atoms with Crippen LogP contribution >= 0.6 is 24.8 Å². The molecule has 7 nitrogen and oxygen atoms in total. The number of hydrogen-bond donors (Lipinski definition) is 4. The molecule has 0 aliphatic carbocycles. The average Bonchev–Trinajstić information content (AvgIpc) is 3.37. The zero-order valence-electron chi connectivity index (χ0n) is 15.1. The number of nitrogens with zero attached hydrogens (tertiary/aromatic N) is 2. The lowest BCUT2D eigenvalue weighted by Gasteiger charge is -2.09. The van der Waals surface area contributed by atoms with E-state index in [-0.39, 0.29) is 30.8 Å². The van der Waals surface area contributed by atoms with Crippen molar-refractivity contribution in [2.45, 2.75) is 0 Å². The third-order valence-corrected chi connectivity index (χ3v) is 4.18. The maximum atomic E-state index is 12.2. The molecule has 0 saturated heterocycles. The Morgan fingerprint density at radius 1 is 0.714 bits per heavy atom. The molecule has 0 radical (unpaired) electrons. The Hall–Kier alpha value is -2.77. The number of hydrogen-bond acceptors (Lipinski definition) is 5. The highest BCUT2D eigenvalue weighted by molar-refractivity contribution is 6.03. The van der Waals surface area contributed by atoms with Crippen molar-refractivity contribution in [3.8, 4) is 0 Å². The second-order valence-electron chi connectivity index (χ2n) is 6.05. The van der Waals surface area contributed by atoms with Gasteiger partial charge < -0.3 is 21.3 Å². The molecule has 2 heterocycles. The van der Waals surface area contributed by atoms with Crippen LogP contribution in [0.5, 0.6) is 0 Å². The van der Waals surface area contributed by atoms with E-state index in [1.54, 1.807) is 0 Å². The quantitative estimate of drug-likeness (QED) is 0.612. The number of nitrogens with one attached hydrogen (secondary N) is 4. The highest BCUT2D eigenvalue weighted by Crippen LogP contribution is 2.14. The normalized spacial score (nSPS) is 14.4. The van der Waals surface area contributed by atoms with Crippen molar-refractivity contribution in [1.82, 2.24) is 10.6 Å². The van der Waals surface area contributed by atoms with Crippen LogP contribution in [0.2, 0.25) is 0 Å². The molecule has 0 unspecified atom stereocenters. The SMILES string of the molecule is Cl.Cl.O=C(Nc1ccc(C2=NCCN2)cc1)Nc1ccc(C2=NCCN2)cc1. The smallest absolute Gasteiger partial charge is 0.323 e. The van der Waals surface area contributed by atoms with E-state index in [9.17, 15) is 4.79 Å². The largest absolute Gasteiger partial charge is 0.368 e. The number of amidine groups is 2. The van der Waals surface area contributed by atoms with Crippen LogP contribution in [0.3, 0.4) is 0 Å². The summed E-state index contributed by atoms with van der Waals surface area (Å²) in [6, 6.07) is 14.9. The molecule has 2 aromatic carbocycles. The Morgan fingerprint density at radius 3 is 1.43 bits per heavy atom. The third-order valence-electron chi connectivity index (χ3n) is 4.18. The zero-order chi connectivity index (χ0) is 17.8. The Morgan fingerprint density at radius 2 is 1.11 bits per heavy atom. The Balaban J connectivity index is 0.00000140. The average molecular weight is 421 g/mol. The van der Waals surface area contributed by atoms with Gasteiger partial charge in [-0.05, 0) is 48.5 Å². The van der Waals surface area contributed by atoms with Gasteiger partial charge in [0.05, 0.1) is 13.1 Å². The topological polar surface area (TPSA) is 89.9 Å². The minimum atomic E-state index is -0.279. The number of anilines is 2. The lowest BCUT2D eigenvalue weighted by atomic mass is 10.2. The van der Waals surface area contributed by atoms with Gasteiger partial charge in [0.15, 0.2) is 0 Å². The second kappa shape index (κ2) is 9.96. The van der Waals surface area contributed by atoms with Crippen molar-refractivity contribution in [1.29, 1.82) is 0 Å². The highest BCUT2D eigenvalue weighted by atomic mass is 35.5. The summed E-state index contributed by atoms with van der Waals surface area (Å²) in [5.41, 5.74) is 3.50. The van der Waals surface area contributed by atoms with Crippen LogP contribution in [0.4, 0.5) is 16.2 Å². The third kappa shape index (κ3) is 5.15. The predicted octanol–water partition coefficient (Wildman–Crippen LogP) is 2.87. The second-order valence-corrected chi connectivity index (χ2v) is 6.05. The van der Waals surface area contributed by atoms with Crippen LogP contribution in [0.25, 0.3) is 0 Å². The van der Waals surface area contributed by atoms with Crippen molar-refractivity contribution >= 4 is 53.9 Å². The molecule has 0 spiro atoms. The molecule has 9 heteroatoms. The molecule has 4 rings (SSSR count). The number of rotatable bonds is 4. The zero-order valence-corrected chi connectivity index (χ0v) is 16.7. The number of carbonyl (C=O) groups excluding carboxylic acids is 1. The van der Waals surface area contributed by atoms with Crippen LogP contribution in [-0.2, 0) is 0 Å². The standard InChI is InChI=1S/C19H20N6O.2ClH/c26-19(24-15-5-1-13(2-6-15)17-20-9-10-21-17)25-16-7-3-14(4-8-16)18-22-11-12-23-18;;/h1-8H,9-12H2,(H,20,21)(H,22,23)(H2,24,25,26);2*1H. The molecule has 28 heavy (non-hydrogen) atoms. The first-order valence-corrected chi connectivity index (χ1v) is 8.63. The van der Waals surface area contributed by atoms with Crippen LogP contribution in [0.1, 0.15) is 11.1 Å². The Kier molecular flexibility index (Phi) is 7.66. The lowest BCUT2D eigenvalue weighted by Crippen LogP contribution is -2.21. The molecule has 0 bridgehead atoms. The maximum Gasteiger partial charge on any atom is 0.323 e. The molecule has 2 aromatic rings. The van der Waals surface area contributed by atoms with Crippen molar-refractivity contribution in [2.75, 3.05) is 36.8 Å². The van der Waals surface area contributed by atoms with Gasteiger partial charge >= 0.3 is 6.03 Å². The fourth-order valence-corrected chi connectivity index (χ4v) is 2.90. The summed E-state index contributed by atoms with van der Waals surface area (Å²) in [5.74, 6) is 1.81. The van der Waals surface area contributed by atoms with E-state index in [0.717, 1.165) is 60.4 Å². The summed E-state index contributed by atoms with van der Waals surface area (Å²) < 4.78 is 0. The number of halogens is 2. The summed E-state index contributed by atoms with van der Waals surface area (Å²) in [4.78, 5) is 20.9. The summed E-state index contributed by atoms with van der Waals surface area (Å²) in [7, 11) is 0. The van der Waals surface area contributed by atoms with Gasteiger partial charge in [-0.15, -0.1) is 24.8 Å². The van der Waals surface area contributed by atoms with Gasteiger partial charge in [-0.1, -0.05) is 0 Å². The minimum Gasteiger partial charge on any atom is -0.368 e. The first-order valence-electron chi connectivity index (χ1n) is 8.63. The predicted molar refractivity (Wildman–Crippen MR) is 119 cm³/mol. The molecule has 2 amide bonds. The number of benzene rings is 2. The van der Waals surface area contributed by atoms with Gasteiger partial charge in [0.25, 0.3) is 0 Å². The maximum absolute atomic E-state index is 12.2. The van der Waals surface area contributed by atoms with Gasteiger partial charge in [-0.3, -0.25) is 9.98 Å². The molecule has 2 aliphatic rings. The first-order chi connectivity index (χ1) is 12.8. The molecular weight excluding hydrogens is 399 g/mol. The van der Waals surface area contributed by atoms with Gasteiger partial charge in [0.1, 0.15) is 11.7 Å².